The molecule has 0 aliphatic carbocycles. The van der Waals surface area contributed by atoms with E-state index in [1.165, 1.54) is 5.56 Å². The van der Waals surface area contributed by atoms with E-state index in [4.69, 9.17) is 5.11 Å². The van der Waals surface area contributed by atoms with E-state index in [0.29, 0.717) is 6.54 Å². The molecular formula is C16H20N2O2. The summed E-state index contributed by atoms with van der Waals surface area (Å²) >= 11 is 0. The quantitative estimate of drug-likeness (QED) is 0.928. The minimum atomic E-state index is -0.798. The SMILES string of the molecule is CC(C)(C)c1ccc(-c2nccn2CCC(=O)O)cc1. The van der Waals surface area contributed by atoms with Crippen LogP contribution in [-0.2, 0) is 16.8 Å². The number of imidazole rings is 1. The minimum Gasteiger partial charge on any atom is -0.481 e. The fourth-order valence-corrected chi connectivity index (χ4v) is 2.09. The van der Waals surface area contributed by atoms with E-state index >= 15 is 0 Å². The van der Waals surface area contributed by atoms with Crippen molar-refractivity contribution in [2.75, 3.05) is 0 Å². The molecule has 0 unspecified atom stereocenters. The number of aryl methyl sites for hydroxylation is 1. The molecule has 0 aliphatic heterocycles. The van der Waals surface area contributed by atoms with Crippen LogP contribution in [0.4, 0.5) is 0 Å². The lowest BCUT2D eigenvalue weighted by Crippen LogP contribution is -2.10. The summed E-state index contributed by atoms with van der Waals surface area (Å²) in [5, 5.41) is 8.77. The number of carbonyl (C=O) groups is 1. The highest BCUT2D eigenvalue weighted by Crippen LogP contribution is 2.25. The van der Waals surface area contributed by atoms with Crippen LogP contribution < -0.4 is 0 Å². The fourth-order valence-electron chi connectivity index (χ4n) is 2.09. The first kappa shape index (κ1) is 14.3. The van der Waals surface area contributed by atoms with Crippen molar-refractivity contribution < 1.29 is 9.90 Å². The van der Waals surface area contributed by atoms with Gasteiger partial charge in [-0.05, 0) is 11.0 Å². The van der Waals surface area contributed by atoms with E-state index in [1.54, 1.807) is 6.20 Å². The third kappa shape index (κ3) is 3.26. The monoisotopic (exact) mass is 272 g/mol. The molecule has 0 saturated heterocycles. The summed E-state index contributed by atoms with van der Waals surface area (Å²) in [6.07, 6.45) is 3.62. The maximum Gasteiger partial charge on any atom is 0.305 e. The highest BCUT2D eigenvalue weighted by Gasteiger charge is 2.14. The van der Waals surface area contributed by atoms with Crippen LogP contribution in [0.15, 0.2) is 36.7 Å². The Labute approximate surface area is 119 Å². The van der Waals surface area contributed by atoms with Crippen LogP contribution in [0.3, 0.4) is 0 Å². The van der Waals surface area contributed by atoms with Crippen molar-refractivity contribution >= 4 is 5.97 Å². The zero-order valence-electron chi connectivity index (χ0n) is 12.1. The lowest BCUT2D eigenvalue weighted by Gasteiger charge is -2.19. The van der Waals surface area contributed by atoms with Gasteiger partial charge in [-0.15, -0.1) is 0 Å². The normalized spacial score (nSPS) is 11.6. The van der Waals surface area contributed by atoms with Crippen LogP contribution in [0.25, 0.3) is 11.4 Å². The Balaban J connectivity index is 2.24. The van der Waals surface area contributed by atoms with E-state index in [0.717, 1.165) is 11.4 Å². The van der Waals surface area contributed by atoms with E-state index in [9.17, 15) is 4.79 Å². The van der Waals surface area contributed by atoms with Crippen LogP contribution in [0.2, 0.25) is 0 Å². The first-order chi connectivity index (χ1) is 9.38. The van der Waals surface area contributed by atoms with Gasteiger partial charge in [0.25, 0.3) is 0 Å². The number of nitrogens with zero attached hydrogens (tertiary/aromatic N) is 2. The second-order valence-corrected chi connectivity index (χ2v) is 5.92. The summed E-state index contributed by atoms with van der Waals surface area (Å²) < 4.78 is 1.88. The van der Waals surface area contributed by atoms with Gasteiger partial charge in [-0.2, -0.15) is 0 Å². The molecule has 106 valence electrons. The summed E-state index contributed by atoms with van der Waals surface area (Å²) in [6.45, 7) is 6.97. The number of hydrogen-bond donors (Lipinski definition) is 1. The van der Waals surface area contributed by atoms with Gasteiger partial charge in [-0.25, -0.2) is 4.98 Å². The van der Waals surface area contributed by atoms with Gasteiger partial charge < -0.3 is 9.67 Å². The number of carboxylic acid groups (broad SMARTS) is 1. The largest absolute Gasteiger partial charge is 0.481 e. The molecule has 2 aromatic rings. The molecule has 4 heteroatoms. The van der Waals surface area contributed by atoms with Gasteiger partial charge in [0.15, 0.2) is 0 Å². The third-order valence-electron chi connectivity index (χ3n) is 3.29. The molecule has 0 radical (unpaired) electrons. The Kier molecular flexibility index (Phi) is 3.93. The molecule has 1 N–H and O–H groups in total. The number of rotatable bonds is 4. The van der Waals surface area contributed by atoms with Gasteiger partial charge >= 0.3 is 5.97 Å². The number of aromatic nitrogens is 2. The lowest BCUT2D eigenvalue weighted by atomic mass is 9.87. The van der Waals surface area contributed by atoms with Crippen molar-refractivity contribution in [2.24, 2.45) is 0 Å². The molecule has 0 atom stereocenters. The molecule has 0 fully saturated rings. The number of aliphatic carboxylic acids is 1. The predicted octanol–water partition coefficient (Wildman–Crippen LogP) is 3.32. The maximum atomic E-state index is 10.7. The van der Waals surface area contributed by atoms with Crippen molar-refractivity contribution in [1.29, 1.82) is 0 Å². The van der Waals surface area contributed by atoms with Crippen molar-refractivity contribution in [3.63, 3.8) is 0 Å². The van der Waals surface area contributed by atoms with Crippen LogP contribution >= 0.6 is 0 Å². The summed E-state index contributed by atoms with van der Waals surface area (Å²) in [5.41, 5.74) is 2.40. The lowest BCUT2D eigenvalue weighted by molar-refractivity contribution is -0.137. The minimum absolute atomic E-state index is 0.101. The van der Waals surface area contributed by atoms with Gasteiger partial charge in [-0.3, -0.25) is 4.79 Å². The zero-order valence-corrected chi connectivity index (χ0v) is 12.1. The summed E-state index contributed by atoms with van der Waals surface area (Å²) in [6, 6.07) is 8.29. The van der Waals surface area contributed by atoms with E-state index < -0.39 is 5.97 Å². The molecule has 0 saturated carbocycles. The molecular weight excluding hydrogens is 252 g/mol. The molecule has 0 spiro atoms. The smallest absolute Gasteiger partial charge is 0.305 e. The van der Waals surface area contributed by atoms with Gasteiger partial charge in [0.2, 0.25) is 0 Å². The zero-order chi connectivity index (χ0) is 14.8. The molecule has 20 heavy (non-hydrogen) atoms. The topological polar surface area (TPSA) is 55.1 Å². The van der Waals surface area contributed by atoms with Crippen molar-refractivity contribution in [3.8, 4) is 11.4 Å². The van der Waals surface area contributed by atoms with Crippen molar-refractivity contribution in [3.05, 3.63) is 42.2 Å². The molecule has 1 aromatic carbocycles. The Morgan fingerprint density at radius 1 is 1.25 bits per heavy atom. The van der Waals surface area contributed by atoms with Crippen LogP contribution in [0.5, 0.6) is 0 Å². The fraction of sp³-hybridized carbons (Fsp3) is 0.375. The first-order valence-electron chi connectivity index (χ1n) is 6.72. The van der Waals surface area contributed by atoms with Crippen LogP contribution in [0.1, 0.15) is 32.8 Å². The Morgan fingerprint density at radius 2 is 1.90 bits per heavy atom. The second-order valence-electron chi connectivity index (χ2n) is 5.92. The van der Waals surface area contributed by atoms with E-state index in [2.05, 4.69) is 37.9 Å². The Bertz CT molecular complexity index is 592. The van der Waals surface area contributed by atoms with Gasteiger partial charge in [0.1, 0.15) is 5.82 Å². The molecule has 4 nitrogen and oxygen atoms in total. The molecule has 1 aromatic heterocycles. The summed E-state index contributed by atoms with van der Waals surface area (Å²) in [4.78, 5) is 15.0. The molecule has 0 amide bonds. The van der Waals surface area contributed by atoms with E-state index in [-0.39, 0.29) is 11.8 Å². The van der Waals surface area contributed by atoms with Gasteiger partial charge in [0, 0.05) is 24.5 Å². The Morgan fingerprint density at radius 3 is 2.45 bits per heavy atom. The first-order valence-corrected chi connectivity index (χ1v) is 6.72. The van der Waals surface area contributed by atoms with Gasteiger partial charge in [-0.1, -0.05) is 45.0 Å². The van der Waals surface area contributed by atoms with Crippen LogP contribution in [0, 0.1) is 0 Å². The molecule has 0 bridgehead atoms. The number of carboxylic acids is 1. The highest BCUT2D eigenvalue weighted by atomic mass is 16.4. The number of hydrogen-bond acceptors (Lipinski definition) is 2. The average Bonchev–Trinajstić information content (AvgIpc) is 2.83. The second kappa shape index (κ2) is 5.49. The summed E-state index contributed by atoms with van der Waals surface area (Å²) in [7, 11) is 0. The molecule has 2 rings (SSSR count). The van der Waals surface area contributed by atoms with E-state index in [1.807, 2.05) is 22.9 Å². The maximum absolute atomic E-state index is 10.7. The molecule has 1 heterocycles. The summed E-state index contributed by atoms with van der Waals surface area (Å²) in [5.74, 6) is 0.0134. The molecule has 0 aliphatic rings. The van der Waals surface area contributed by atoms with Crippen LogP contribution in [-0.4, -0.2) is 20.6 Å². The van der Waals surface area contributed by atoms with Crippen molar-refractivity contribution in [2.45, 2.75) is 39.2 Å². The van der Waals surface area contributed by atoms with Crippen molar-refractivity contribution in [1.82, 2.24) is 9.55 Å². The third-order valence-corrected chi connectivity index (χ3v) is 3.29. The highest BCUT2D eigenvalue weighted by molar-refractivity contribution is 5.66. The average molecular weight is 272 g/mol. The van der Waals surface area contributed by atoms with Gasteiger partial charge in [0.05, 0.1) is 6.42 Å². The number of benzene rings is 1. The standard InChI is InChI=1S/C16H20N2O2/c1-16(2,3)13-6-4-12(5-7-13)15-17-9-11-18(15)10-8-14(19)20/h4-7,9,11H,8,10H2,1-3H3,(H,19,20). The predicted molar refractivity (Wildman–Crippen MR) is 78.6 cm³/mol. The Hall–Kier alpha value is -2.10.